The number of ether oxygens (including phenoxy) is 1. The number of hydrogen-bond donors (Lipinski definition) is 1. The van der Waals surface area contributed by atoms with Crippen molar-refractivity contribution >= 4 is 22.8 Å². The van der Waals surface area contributed by atoms with E-state index >= 15 is 0 Å². The number of anilines is 1. The van der Waals surface area contributed by atoms with Crippen molar-refractivity contribution in [3.05, 3.63) is 70.8 Å². The Kier molecular flexibility index (Phi) is 6.75. The molecule has 2 aromatic heterocycles. The number of amides is 1. The topological polar surface area (TPSA) is 106 Å². The molecule has 11 heteroatoms. The molecule has 0 radical (unpaired) electrons. The second-order valence-electron chi connectivity index (χ2n) is 10.3. The molecule has 40 heavy (non-hydrogen) atoms. The number of piperazine rings is 1. The molecule has 3 atom stereocenters. The van der Waals surface area contributed by atoms with Gasteiger partial charge in [0.05, 0.1) is 16.9 Å². The van der Waals surface area contributed by atoms with E-state index in [1.165, 1.54) is 6.92 Å². The first-order chi connectivity index (χ1) is 19.4. The highest BCUT2D eigenvalue weighted by Gasteiger charge is 2.31. The van der Waals surface area contributed by atoms with Gasteiger partial charge in [-0.3, -0.25) is 14.3 Å². The van der Waals surface area contributed by atoms with E-state index < -0.39 is 13.0 Å². The minimum atomic E-state index is -1.45. The van der Waals surface area contributed by atoms with Crippen LogP contribution < -0.4 is 15.2 Å². The molecule has 10 nitrogen and oxygen atoms in total. The zero-order valence-electron chi connectivity index (χ0n) is 22.4. The fraction of sp³-hybridized carbons (Fsp3) is 0.379. The molecule has 2 aromatic carbocycles. The molecule has 1 amide bonds. The van der Waals surface area contributed by atoms with Crippen LogP contribution in [0.5, 0.6) is 5.75 Å². The zero-order valence-corrected chi connectivity index (χ0v) is 22.4. The molecule has 6 rings (SSSR count). The second kappa shape index (κ2) is 10.4. The Morgan fingerprint density at radius 2 is 1.90 bits per heavy atom. The average molecular weight is 547 g/mol. The maximum absolute atomic E-state index is 13.8. The van der Waals surface area contributed by atoms with Gasteiger partial charge in [0.1, 0.15) is 12.4 Å². The lowest BCUT2D eigenvalue weighted by Gasteiger charge is -2.39. The Labute approximate surface area is 230 Å². The number of carbonyl (C=O) groups excluding carboxylic acids is 1. The van der Waals surface area contributed by atoms with Gasteiger partial charge in [-0.25, -0.2) is 19.0 Å². The van der Waals surface area contributed by atoms with E-state index in [0.29, 0.717) is 49.7 Å². The number of nitrogens with zero attached hydrogens (tertiary/aromatic N) is 6. The van der Waals surface area contributed by atoms with E-state index in [4.69, 9.17) is 4.74 Å². The predicted octanol–water partition coefficient (Wildman–Crippen LogP) is 2.98. The van der Waals surface area contributed by atoms with Gasteiger partial charge in [0, 0.05) is 62.7 Å². The average Bonchev–Trinajstić information content (AvgIpc) is 3.52. The van der Waals surface area contributed by atoms with Crippen molar-refractivity contribution in [1.82, 2.24) is 24.2 Å². The van der Waals surface area contributed by atoms with Crippen molar-refractivity contribution in [2.45, 2.75) is 45.3 Å². The maximum Gasteiger partial charge on any atom is 0.274 e. The summed E-state index contributed by atoms with van der Waals surface area (Å²) in [5.41, 5.74) is 3.25. The van der Waals surface area contributed by atoms with E-state index in [0.717, 1.165) is 22.2 Å². The molecule has 0 spiro atoms. The third-order valence-electron chi connectivity index (χ3n) is 7.78. The van der Waals surface area contributed by atoms with Gasteiger partial charge in [-0.05, 0) is 37.1 Å². The summed E-state index contributed by atoms with van der Waals surface area (Å²) in [6.07, 6.45) is 2.78. The van der Waals surface area contributed by atoms with Crippen molar-refractivity contribution in [3.63, 3.8) is 0 Å². The molecule has 0 saturated carbocycles. The molecule has 1 saturated heterocycles. The maximum atomic E-state index is 13.8. The monoisotopic (exact) mass is 546 g/mol. The molecule has 208 valence electrons. The van der Waals surface area contributed by atoms with Gasteiger partial charge in [0.15, 0.2) is 0 Å². The van der Waals surface area contributed by atoms with Crippen LogP contribution in [0.2, 0.25) is 0 Å². The van der Waals surface area contributed by atoms with E-state index in [2.05, 4.69) is 9.97 Å². The minimum Gasteiger partial charge on any atom is -0.460 e. The van der Waals surface area contributed by atoms with Gasteiger partial charge in [-0.2, -0.15) is 0 Å². The molecule has 4 aromatic rings. The number of halogens is 1. The summed E-state index contributed by atoms with van der Waals surface area (Å²) in [6.45, 7) is 5.01. The van der Waals surface area contributed by atoms with Gasteiger partial charge in [-0.1, -0.05) is 24.3 Å². The Morgan fingerprint density at radius 3 is 2.62 bits per heavy atom. The molecule has 1 N–H and O–H groups in total. The normalized spacial score (nSPS) is 19.6. The smallest absolute Gasteiger partial charge is 0.274 e. The van der Waals surface area contributed by atoms with Crippen LogP contribution in [0.1, 0.15) is 31.9 Å². The summed E-state index contributed by atoms with van der Waals surface area (Å²) >= 11 is 0. The van der Waals surface area contributed by atoms with E-state index in [-0.39, 0.29) is 23.6 Å². The number of carbonyl (C=O) groups is 1. The van der Waals surface area contributed by atoms with Crippen molar-refractivity contribution in [3.8, 4) is 16.9 Å². The number of fused-ring (bicyclic) bond motifs is 3. The van der Waals surface area contributed by atoms with Crippen LogP contribution in [0.25, 0.3) is 22.0 Å². The summed E-state index contributed by atoms with van der Waals surface area (Å²) in [5.74, 6) is 0.777. The van der Waals surface area contributed by atoms with Crippen LogP contribution in [-0.2, 0) is 11.3 Å². The predicted molar refractivity (Wildman–Crippen MR) is 148 cm³/mol. The minimum absolute atomic E-state index is 0.0548. The third-order valence-corrected chi connectivity index (χ3v) is 7.78. The number of hydrogen-bond acceptors (Lipinski definition) is 7. The lowest BCUT2D eigenvalue weighted by atomic mass is 10.0. The summed E-state index contributed by atoms with van der Waals surface area (Å²) in [6, 6.07) is 12.9. The fourth-order valence-electron chi connectivity index (χ4n) is 5.92. The molecular weight excluding hydrogens is 515 g/mol. The molecule has 2 aliphatic rings. The lowest BCUT2D eigenvalue weighted by molar-refractivity contribution is -0.136. The first-order valence-electron chi connectivity index (χ1n) is 13.5. The summed E-state index contributed by atoms with van der Waals surface area (Å²) < 4.78 is 23.0. The van der Waals surface area contributed by atoms with Crippen LogP contribution >= 0.6 is 0 Å². The number of aliphatic hydroxyl groups is 1. The van der Waals surface area contributed by atoms with Gasteiger partial charge in [0.2, 0.25) is 18.2 Å². The fourth-order valence-corrected chi connectivity index (χ4v) is 5.92. The first kappa shape index (κ1) is 26.0. The Morgan fingerprint density at radius 1 is 1.12 bits per heavy atom. The number of para-hydroxylation sites is 1. The second-order valence-corrected chi connectivity index (χ2v) is 10.3. The SMILES string of the molecule is CC(F)Oc1ccccc1[C@H]1CCn2c(=O)c3ccc(-c4cnc(N5CCN(C(=O)CO)[C@H](C)C5)nc4)cc3n21. The lowest BCUT2D eigenvalue weighted by Crippen LogP contribution is -2.55. The van der Waals surface area contributed by atoms with Gasteiger partial charge < -0.3 is 19.6 Å². The van der Waals surface area contributed by atoms with Crippen LogP contribution in [0, 0.1) is 0 Å². The van der Waals surface area contributed by atoms with Crippen LogP contribution in [0.15, 0.2) is 59.7 Å². The van der Waals surface area contributed by atoms with E-state index in [1.807, 2.05) is 52.9 Å². The van der Waals surface area contributed by atoms with Crippen molar-refractivity contribution in [1.29, 1.82) is 0 Å². The Hall–Kier alpha value is -4.25. The van der Waals surface area contributed by atoms with Crippen molar-refractivity contribution < 1.29 is 19.0 Å². The van der Waals surface area contributed by atoms with Gasteiger partial charge >= 0.3 is 0 Å². The highest BCUT2D eigenvalue weighted by atomic mass is 19.1. The summed E-state index contributed by atoms with van der Waals surface area (Å²) in [5, 5.41) is 9.81. The molecule has 4 heterocycles. The number of aromatic nitrogens is 4. The van der Waals surface area contributed by atoms with Crippen molar-refractivity contribution in [2.24, 2.45) is 0 Å². The summed E-state index contributed by atoms with van der Waals surface area (Å²) in [7, 11) is 0. The number of alkyl halides is 1. The molecule has 0 bridgehead atoms. The quantitative estimate of drug-likeness (QED) is 0.396. The van der Waals surface area contributed by atoms with Gasteiger partial charge in [0.25, 0.3) is 5.56 Å². The molecule has 0 aliphatic carbocycles. The first-order valence-corrected chi connectivity index (χ1v) is 13.5. The summed E-state index contributed by atoms with van der Waals surface area (Å²) in [4.78, 5) is 38.1. The molecule has 1 unspecified atom stereocenters. The van der Waals surface area contributed by atoms with E-state index in [1.54, 1.807) is 28.0 Å². The Bertz CT molecular complexity index is 1620. The number of aliphatic hydroxyl groups excluding tert-OH is 1. The third kappa shape index (κ3) is 4.49. The molecule has 2 aliphatic heterocycles. The Balaban J connectivity index is 1.30. The van der Waals surface area contributed by atoms with Crippen LogP contribution in [-0.4, -0.2) is 73.9 Å². The van der Waals surface area contributed by atoms with Crippen LogP contribution in [0.3, 0.4) is 0 Å². The molecule has 1 fully saturated rings. The van der Waals surface area contributed by atoms with E-state index in [9.17, 15) is 19.1 Å². The standard InChI is InChI=1S/C29H31FN6O4/c1-18-16-33(11-12-34(18)27(38)17-37)29-31-14-21(15-32-29)20-7-8-23-25(13-20)36-24(9-10-35(36)28(23)39)22-5-3-4-6-26(22)40-19(2)30/h3-8,13-15,18-19,24,37H,9-12,16-17H2,1-2H3/t18-,19?,24-/m1/s1. The highest BCUT2D eigenvalue weighted by Crippen LogP contribution is 2.37. The van der Waals surface area contributed by atoms with Crippen molar-refractivity contribution in [2.75, 3.05) is 31.1 Å². The van der Waals surface area contributed by atoms with Gasteiger partial charge in [-0.15, -0.1) is 0 Å². The zero-order chi connectivity index (χ0) is 28.0. The van der Waals surface area contributed by atoms with Crippen LogP contribution in [0.4, 0.5) is 10.3 Å². The largest absolute Gasteiger partial charge is 0.460 e. The molecular formula is C29H31FN6O4. The number of rotatable bonds is 6. The highest BCUT2D eigenvalue weighted by molar-refractivity contribution is 5.85. The number of benzene rings is 2.